The monoisotopic (exact) mass is 598 g/mol. The van der Waals surface area contributed by atoms with Crippen molar-refractivity contribution >= 4 is 17.7 Å². The first-order valence-corrected chi connectivity index (χ1v) is 16.0. The number of para-hydroxylation sites is 1. The number of benzene rings is 3. The van der Waals surface area contributed by atoms with E-state index in [1.54, 1.807) is 0 Å². The van der Waals surface area contributed by atoms with Crippen molar-refractivity contribution in [2.24, 2.45) is 11.8 Å². The lowest BCUT2D eigenvalue weighted by Crippen LogP contribution is -2.27. The van der Waals surface area contributed by atoms with Gasteiger partial charge in [-0.3, -0.25) is 15.0 Å². The van der Waals surface area contributed by atoms with Crippen LogP contribution in [0.1, 0.15) is 57.6 Å². The Balaban J connectivity index is 0.994. The number of rotatable bonds is 13. The van der Waals surface area contributed by atoms with Crippen molar-refractivity contribution < 1.29 is 23.8 Å². The van der Waals surface area contributed by atoms with Crippen LogP contribution in [-0.2, 0) is 32.0 Å². The van der Waals surface area contributed by atoms with Gasteiger partial charge < -0.3 is 14.2 Å². The molecule has 5 rings (SSSR count). The molecule has 2 fully saturated rings. The molecule has 1 amide bonds. The van der Waals surface area contributed by atoms with Crippen LogP contribution >= 0.6 is 0 Å². The predicted molar refractivity (Wildman–Crippen MR) is 173 cm³/mol. The fraction of sp³-hybridized carbons (Fsp3) is 0.459. The van der Waals surface area contributed by atoms with Crippen LogP contribution in [0.5, 0.6) is 0 Å². The number of amides is 1. The van der Waals surface area contributed by atoms with E-state index in [1.165, 1.54) is 11.1 Å². The molecule has 1 aliphatic carbocycles. The SMILES string of the molecule is CCC(C)(C)OC(=O)CCOCCc1ccc(CN2CC3CC(OC(=O)Nc4ccccc4-c4ccccc4)CC3C2)cc1. The quantitative estimate of drug-likeness (QED) is 0.162. The van der Waals surface area contributed by atoms with Crippen LogP contribution in [0.3, 0.4) is 0 Å². The lowest BCUT2D eigenvalue weighted by molar-refractivity contribution is -0.157. The van der Waals surface area contributed by atoms with E-state index in [0.717, 1.165) is 62.1 Å². The fourth-order valence-corrected chi connectivity index (χ4v) is 6.27. The summed E-state index contributed by atoms with van der Waals surface area (Å²) in [6.45, 7) is 9.83. The Morgan fingerprint density at radius 3 is 2.23 bits per heavy atom. The lowest BCUT2D eigenvalue weighted by atomic mass is 10.0. The molecular formula is C37H46N2O5. The predicted octanol–water partition coefficient (Wildman–Crippen LogP) is 7.49. The summed E-state index contributed by atoms with van der Waals surface area (Å²) in [7, 11) is 0. The molecular weight excluding hydrogens is 552 g/mol. The van der Waals surface area contributed by atoms with Crippen molar-refractivity contribution in [3.63, 3.8) is 0 Å². The van der Waals surface area contributed by atoms with Crippen molar-refractivity contribution in [2.45, 2.75) is 71.1 Å². The number of hydrogen-bond acceptors (Lipinski definition) is 6. The van der Waals surface area contributed by atoms with E-state index in [2.05, 4.69) is 34.5 Å². The van der Waals surface area contributed by atoms with Crippen LogP contribution in [0.15, 0.2) is 78.9 Å². The number of nitrogens with one attached hydrogen (secondary N) is 1. The standard InChI is InChI=1S/C37H46N2O5/c1-4-37(2,3)44-35(40)19-21-42-20-18-27-14-16-28(17-15-27)24-39-25-30-22-32(23-31(30)26-39)43-36(41)38-34-13-9-8-12-33(34)29-10-6-5-7-11-29/h5-17,30-32H,4,18-26H2,1-3H3,(H,38,41). The highest BCUT2D eigenvalue weighted by atomic mass is 16.6. The molecule has 2 aliphatic rings. The summed E-state index contributed by atoms with van der Waals surface area (Å²) >= 11 is 0. The van der Waals surface area contributed by atoms with E-state index in [1.807, 2.05) is 75.4 Å². The molecule has 1 saturated carbocycles. The molecule has 1 saturated heterocycles. The van der Waals surface area contributed by atoms with Gasteiger partial charge in [0.2, 0.25) is 0 Å². The normalized spacial score (nSPS) is 19.8. The molecule has 1 heterocycles. The van der Waals surface area contributed by atoms with Gasteiger partial charge in [-0.05, 0) is 74.1 Å². The van der Waals surface area contributed by atoms with Crippen LogP contribution in [0, 0.1) is 11.8 Å². The summed E-state index contributed by atoms with van der Waals surface area (Å²) in [5, 5.41) is 2.98. The van der Waals surface area contributed by atoms with Crippen LogP contribution in [-0.4, -0.2) is 55.0 Å². The van der Waals surface area contributed by atoms with E-state index in [-0.39, 0.29) is 24.6 Å². The number of esters is 1. The third-order valence-corrected chi connectivity index (χ3v) is 8.96. The van der Waals surface area contributed by atoms with Gasteiger partial charge in [-0.25, -0.2) is 4.79 Å². The first kappa shape index (κ1) is 31.7. The zero-order valence-corrected chi connectivity index (χ0v) is 26.3. The Bertz CT molecular complexity index is 1360. The number of nitrogens with zero attached hydrogens (tertiary/aromatic N) is 1. The van der Waals surface area contributed by atoms with Crippen molar-refractivity contribution in [1.29, 1.82) is 0 Å². The minimum atomic E-state index is -0.418. The van der Waals surface area contributed by atoms with Gasteiger partial charge in [-0.2, -0.15) is 0 Å². The van der Waals surface area contributed by atoms with Gasteiger partial charge in [0.25, 0.3) is 0 Å². The summed E-state index contributed by atoms with van der Waals surface area (Å²) in [5.74, 6) is 0.916. The van der Waals surface area contributed by atoms with Crippen molar-refractivity contribution in [1.82, 2.24) is 4.90 Å². The zero-order valence-electron chi connectivity index (χ0n) is 26.3. The van der Waals surface area contributed by atoms with Crippen LogP contribution in [0.25, 0.3) is 11.1 Å². The molecule has 7 nitrogen and oxygen atoms in total. The van der Waals surface area contributed by atoms with Gasteiger partial charge in [-0.1, -0.05) is 79.7 Å². The Morgan fingerprint density at radius 1 is 0.864 bits per heavy atom. The third kappa shape index (κ3) is 8.93. The molecule has 0 spiro atoms. The maximum Gasteiger partial charge on any atom is 0.411 e. The average molecular weight is 599 g/mol. The van der Waals surface area contributed by atoms with Gasteiger partial charge in [0.15, 0.2) is 0 Å². The van der Waals surface area contributed by atoms with Crippen molar-refractivity contribution in [2.75, 3.05) is 31.6 Å². The summed E-state index contributed by atoms with van der Waals surface area (Å²) in [6, 6.07) is 26.7. The van der Waals surface area contributed by atoms with Gasteiger partial charge in [0, 0.05) is 25.2 Å². The number of likely N-dealkylation sites (tertiary alicyclic amines) is 1. The molecule has 1 aliphatic heterocycles. The second kappa shape index (κ2) is 14.9. The number of carbonyl (C=O) groups is 2. The third-order valence-electron chi connectivity index (χ3n) is 8.96. The van der Waals surface area contributed by atoms with E-state index >= 15 is 0 Å². The maximum atomic E-state index is 12.8. The van der Waals surface area contributed by atoms with Crippen molar-refractivity contribution in [3.8, 4) is 11.1 Å². The molecule has 3 aromatic rings. The fourth-order valence-electron chi connectivity index (χ4n) is 6.27. The zero-order chi connectivity index (χ0) is 30.9. The number of anilines is 1. The molecule has 0 radical (unpaired) electrons. The second-order valence-corrected chi connectivity index (χ2v) is 12.8. The molecule has 44 heavy (non-hydrogen) atoms. The summed E-state index contributed by atoms with van der Waals surface area (Å²) in [6.07, 6.45) is 3.31. The van der Waals surface area contributed by atoms with Gasteiger partial charge in [0.05, 0.1) is 25.3 Å². The van der Waals surface area contributed by atoms with E-state index in [9.17, 15) is 9.59 Å². The molecule has 1 N–H and O–H groups in total. The first-order valence-electron chi connectivity index (χ1n) is 16.0. The van der Waals surface area contributed by atoms with E-state index in [4.69, 9.17) is 14.2 Å². The highest BCUT2D eigenvalue weighted by Gasteiger charge is 2.42. The molecule has 234 valence electrons. The minimum absolute atomic E-state index is 0.0358. The average Bonchev–Trinajstić information content (AvgIpc) is 3.56. The van der Waals surface area contributed by atoms with Crippen LogP contribution < -0.4 is 5.32 Å². The number of ether oxygens (including phenoxy) is 3. The number of hydrogen-bond donors (Lipinski definition) is 1. The molecule has 7 heteroatoms. The summed E-state index contributed by atoms with van der Waals surface area (Å²) < 4.78 is 17.0. The molecule has 0 aromatic heterocycles. The maximum absolute atomic E-state index is 12.8. The number of carbonyl (C=O) groups excluding carboxylic acids is 2. The Labute approximate surface area is 261 Å². The largest absolute Gasteiger partial charge is 0.460 e. The highest BCUT2D eigenvalue weighted by molar-refractivity contribution is 5.91. The van der Waals surface area contributed by atoms with Gasteiger partial charge >= 0.3 is 12.1 Å². The summed E-state index contributed by atoms with van der Waals surface area (Å²) in [5.41, 5.74) is 4.92. The van der Waals surface area contributed by atoms with E-state index < -0.39 is 5.60 Å². The molecule has 2 atom stereocenters. The van der Waals surface area contributed by atoms with Gasteiger partial charge in [0.1, 0.15) is 11.7 Å². The summed E-state index contributed by atoms with van der Waals surface area (Å²) in [4.78, 5) is 27.3. The lowest BCUT2D eigenvalue weighted by Gasteiger charge is -2.23. The Morgan fingerprint density at radius 2 is 1.52 bits per heavy atom. The molecule has 0 bridgehead atoms. The number of fused-ring (bicyclic) bond motifs is 1. The first-order chi connectivity index (χ1) is 21.3. The topological polar surface area (TPSA) is 77.1 Å². The smallest absolute Gasteiger partial charge is 0.411 e. The van der Waals surface area contributed by atoms with Gasteiger partial charge in [-0.15, -0.1) is 0 Å². The molecule has 3 aromatic carbocycles. The molecule has 2 unspecified atom stereocenters. The Kier molecular flexibility index (Phi) is 10.7. The van der Waals surface area contributed by atoms with Crippen molar-refractivity contribution in [3.05, 3.63) is 90.0 Å². The van der Waals surface area contributed by atoms with Crippen LogP contribution in [0.4, 0.5) is 10.5 Å². The highest BCUT2D eigenvalue weighted by Crippen LogP contribution is 2.40. The Hall–Kier alpha value is -3.68. The second-order valence-electron chi connectivity index (χ2n) is 12.8. The van der Waals surface area contributed by atoms with Crippen LogP contribution in [0.2, 0.25) is 0 Å². The minimum Gasteiger partial charge on any atom is -0.460 e. The van der Waals surface area contributed by atoms with E-state index in [0.29, 0.717) is 25.0 Å².